The summed E-state index contributed by atoms with van der Waals surface area (Å²) in [4.78, 5) is 4.51. The molecule has 0 radical (unpaired) electrons. The molecule has 30 heavy (non-hydrogen) atoms. The van der Waals surface area contributed by atoms with Crippen LogP contribution in [0.5, 0.6) is 0 Å². The average Bonchev–Trinajstić information content (AvgIpc) is 2.75. The van der Waals surface area contributed by atoms with Crippen molar-refractivity contribution in [1.82, 2.24) is 5.32 Å². The van der Waals surface area contributed by atoms with Gasteiger partial charge in [0.05, 0.1) is 11.3 Å². The molecule has 14 heteroatoms. The van der Waals surface area contributed by atoms with E-state index in [4.69, 9.17) is 19.9 Å². The molecule has 0 unspecified atom stereocenters. The van der Waals surface area contributed by atoms with Crippen molar-refractivity contribution in [2.24, 2.45) is 4.99 Å². The van der Waals surface area contributed by atoms with Gasteiger partial charge in [0.25, 0.3) is 0 Å². The number of likely N-dealkylation sites (N-methyl/N-ethyl adjacent to an activating group) is 1. The molecule has 2 aromatic carbocycles. The molecule has 3 N–H and O–H groups in total. The Balaban J connectivity index is 0.000000303. The molecule has 0 saturated carbocycles. The molecule has 1 aliphatic rings. The van der Waals surface area contributed by atoms with Crippen molar-refractivity contribution in [3.63, 3.8) is 0 Å². The fourth-order valence-electron chi connectivity index (χ4n) is 2.46. The standard InChI is InChI=1S/C16H14ClN3O.2Cr.2H2O.5O/c1-18-15-10-20(21)16(11-5-3-2-4-6-11)13-9-12(17)7-8-14(13)19-15;;;;;;;;;/h2-9H,10H2,1H3,(H,18,19);;;2*1H2;;;;;/q;2*+1;;;;;;;/p-2. The predicted molar refractivity (Wildman–Crippen MR) is 94.0 cm³/mol. The minimum atomic E-state index is -5.76. The number of aliphatic imine (C=N–C) groups is 1. The Morgan fingerprint density at radius 1 is 1.10 bits per heavy atom. The van der Waals surface area contributed by atoms with Crippen molar-refractivity contribution in [3.05, 3.63) is 69.9 Å². The maximum absolute atomic E-state index is 12.6. The van der Waals surface area contributed by atoms with Gasteiger partial charge in [0.15, 0.2) is 5.84 Å². The number of rotatable bonds is 3. The van der Waals surface area contributed by atoms with Gasteiger partial charge < -0.3 is 10.5 Å². The Morgan fingerprint density at radius 2 is 1.70 bits per heavy atom. The zero-order valence-electron chi connectivity index (χ0n) is 15.3. The molecule has 11 nitrogen and oxygen atoms in total. The topological polar surface area (TPSA) is 168 Å². The number of nitrogens with one attached hydrogen (secondary N) is 1. The Kier molecular flexibility index (Phi) is 7.83. The molecular weight excluding hydrogens is 502 g/mol. The summed E-state index contributed by atoms with van der Waals surface area (Å²) in [5.41, 5.74) is 2.92. The molecule has 2 aromatic rings. The third kappa shape index (κ3) is 7.25. The number of hydrogen-bond acceptors (Lipinski definition) is 8. The van der Waals surface area contributed by atoms with Gasteiger partial charge in [-0.3, -0.25) is 0 Å². The summed E-state index contributed by atoms with van der Waals surface area (Å²) in [5, 5.41) is 16.1. The van der Waals surface area contributed by atoms with Crippen LogP contribution < -0.4 is 5.32 Å². The second-order valence-electron chi connectivity index (χ2n) is 5.64. The van der Waals surface area contributed by atoms with E-state index >= 15 is 0 Å². The summed E-state index contributed by atoms with van der Waals surface area (Å²) in [7, 11) is 1.76. The molecule has 0 bridgehead atoms. The molecule has 3 rings (SSSR count). The van der Waals surface area contributed by atoms with Gasteiger partial charge >= 0.3 is 53.6 Å². The van der Waals surface area contributed by atoms with Crippen LogP contribution in [0.15, 0.2) is 53.5 Å². The van der Waals surface area contributed by atoms with E-state index in [2.05, 4.69) is 13.1 Å². The van der Waals surface area contributed by atoms with Gasteiger partial charge in [0.2, 0.25) is 12.3 Å². The summed E-state index contributed by atoms with van der Waals surface area (Å²) >= 11 is -5.41. The molecule has 0 spiro atoms. The number of amidine groups is 1. The van der Waals surface area contributed by atoms with Crippen LogP contribution in [0.4, 0.5) is 5.69 Å². The second kappa shape index (κ2) is 9.75. The van der Waals surface area contributed by atoms with Crippen molar-refractivity contribution in [2.45, 2.75) is 0 Å². The maximum atomic E-state index is 12.6. The van der Waals surface area contributed by atoms with Gasteiger partial charge in [-0.15, -0.1) is 0 Å². The molecule has 0 saturated heterocycles. The van der Waals surface area contributed by atoms with Crippen molar-refractivity contribution < 1.29 is 58.3 Å². The molecule has 0 aromatic heterocycles. The summed E-state index contributed by atoms with van der Waals surface area (Å²) in [5.74, 6) is 0.625. The second-order valence-corrected chi connectivity index (χ2v) is 9.84. The summed E-state index contributed by atoms with van der Waals surface area (Å²) in [6, 6.07) is 15.0. The van der Waals surface area contributed by atoms with Gasteiger partial charge in [-0.25, -0.2) is 4.99 Å². The first-order valence-corrected chi connectivity index (χ1v) is 12.6. The fraction of sp³-hybridized carbons (Fsp3) is 0.125. The number of benzene rings is 2. The van der Waals surface area contributed by atoms with Crippen LogP contribution in [0.1, 0.15) is 11.1 Å². The van der Waals surface area contributed by atoms with Crippen molar-refractivity contribution >= 4 is 28.8 Å². The monoisotopic (exact) mass is 517 g/mol. The van der Waals surface area contributed by atoms with Crippen LogP contribution >= 0.6 is 11.6 Å². The van der Waals surface area contributed by atoms with Crippen LogP contribution in [-0.2, 0) is 45.3 Å². The fourth-order valence-corrected chi connectivity index (χ4v) is 4.38. The van der Waals surface area contributed by atoms with E-state index in [1.54, 1.807) is 19.2 Å². The molecule has 0 aliphatic carbocycles. The number of fused-ring (bicyclic) bond motifs is 1. The number of hydrogen-bond donors (Lipinski definition) is 3. The summed E-state index contributed by atoms with van der Waals surface area (Å²) in [6.07, 6.45) is 0. The van der Waals surface area contributed by atoms with E-state index in [1.165, 1.54) is 0 Å². The Hall–Kier alpha value is -2.19. The molecule has 1 aliphatic heterocycles. The molecule has 162 valence electrons. The van der Waals surface area contributed by atoms with Crippen molar-refractivity contribution in [1.29, 1.82) is 0 Å². The third-order valence-electron chi connectivity index (χ3n) is 3.52. The van der Waals surface area contributed by atoms with Gasteiger partial charge in [-0.2, -0.15) is 4.74 Å². The molecule has 0 atom stereocenters. The van der Waals surface area contributed by atoms with Crippen LogP contribution in [0.25, 0.3) is 0 Å². The van der Waals surface area contributed by atoms with Crippen molar-refractivity contribution in [2.75, 3.05) is 13.6 Å². The van der Waals surface area contributed by atoms with E-state index in [1.807, 2.05) is 36.4 Å². The molecule has 0 fully saturated rings. The Bertz CT molecular complexity index is 1170. The summed E-state index contributed by atoms with van der Waals surface area (Å²) in [6.45, 7) is 0.174. The van der Waals surface area contributed by atoms with E-state index in [0.717, 1.165) is 21.6 Å². The third-order valence-corrected chi connectivity index (χ3v) is 6.51. The van der Waals surface area contributed by atoms with Crippen molar-refractivity contribution in [3.8, 4) is 0 Å². The van der Waals surface area contributed by atoms with E-state index in [9.17, 15) is 20.4 Å². The SMILES string of the molecule is CNC1=Nc2ccc(Cl)cc2C(c2ccccc2)=[N+]([O-])C1.[O]=[Cr](=[O])([OH])[O][Cr](=[O])(=[O])[OH]. The van der Waals surface area contributed by atoms with E-state index < -0.39 is 27.2 Å². The zero-order chi connectivity index (χ0) is 22.5. The average molecular weight is 518 g/mol. The van der Waals surface area contributed by atoms with Crippen LogP contribution in [0.3, 0.4) is 0 Å². The summed E-state index contributed by atoms with van der Waals surface area (Å²) < 4.78 is 57.2. The predicted octanol–water partition coefficient (Wildman–Crippen LogP) is 1.29. The zero-order valence-corrected chi connectivity index (χ0v) is 18.6. The molecular formula is C16H16ClCr2N3O8. The normalized spacial score (nSPS) is 14.1. The van der Waals surface area contributed by atoms with Crippen LogP contribution in [0.2, 0.25) is 5.02 Å². The van der Waals surface area contributed by atoms with Crippen LogP contribution in [-0.4, -0.2) is 38.2 Å². The Labute approximate surface area is 180 Å². The number of halogens is 1. The first-order chi connectivity index (χ1) is 13.9. The quantitative estimate of drug-likeness (QED) is 0.401. The van der Waals surface area contributed by atoms with Crippen LogP contribution in [0, 0.1) is 5.21 Å². The van der Waals surface area contributed by atoms with Gasteiger partial charge in [-0.05, 0) is 30.3 Å². The number of nitrogens with zero attached hydrogens (tertiary/aromatic N) is 2. The first-order valence-electron chi connectivity index (χ1n) is 7.98. The van der Waals surface area contributed by atoms with E-state index in [-0.39, 0.29) is 6.54 Å². The van der Waals surface area contributed by atoms with Gasteiger partial charge in [0.1, 0.15) is 0 Å². The first kappa shape index (κ1) is 24.1. The minimum absolute atomic E-state index is 0.174. The number of hydroxylamine groups is 1. The Morgan fingerprint density at radius 3 is 2.20 bits per heavy atom. The molecule has 0 amide bonds. The van der Waals surface area contributed by atoms with Gasteiger partial charge in [-0.1, -0.05) is 29.8 Å². The van der Waals surface area contributed by atoms with Gasteiger partial charge in [0, 0.05) is 17.6 Å². The van der Waals surface area contributed by atoms with E-state index in [0.29, 0.717) is 16.6 Å². The molecule has 1 heterocycles.